The average Bonchev–Trinajstić information content (AvgIpc) is 3.22. The Morgan fingerprint density at radius 2 is 1.88 bits per heavy atom. The van der Waals surface area contributed by atoms with E-state index in [9.17, 15) is 13.2 Å². The van der Waals surface area contributed by atoms with Gasteiger partial charge in [-0.15, -0.1) is 11.3 Å². The molecule has 6 nitrogen and oxygen atoms in total. The van der Waals surface area contributed by atoms with Gasteiger partial charge in [0.25, 0.3) is 15.9 Å². The van der Waals surface area contributed by atoms with Gasteiger partial charge in [0.05, 0.1) is 27.6 Å². The van der Waals surface area contributed by atoms with Crippen LogP contribution in [0.5, 0.6) is 5.75 Å². The molecule has 0 atom stereocenters. The zero-order valence-corrected chi connectivity index (χ0v) is 20.3. The van der Waals surface area contributed by atoms with E-state index in [1.54, 1.807) is 12.1 Å². The lowest BCUT2D eigenvalue weighted by Crippen LogP contribution is -2.35. The molecule has 0 unspecified atom stereocenters. The predicted octanol–water partition coefficient (Wildman–Crippen LogP) is 5.45. The predicted molar refractivity (Wildman–Crippen MR) is 130 cm³/mol. The normalized spacial score (nSPS) is 15.0. The van der Waals surface area contributed by atoms with Crippen molar-refractivity contribution in [2.24, 2.45) is 0 Å². The van der Waals surface area contributed by atoms with E-state index in [0.29, 0.717) is 16.3 Å². The molecule has 0 saturated heterocycles. The Labute approximate surface area is 197 Å². The van der Waals surface area contributed by atoms with E-state index in [2.05, 4.69) is 5.32 Å². The zero-order chi connectivity index (χ0) is 22.9. The van der Waals surface area contributed by atoms with Crippen molar-refractivity contribution in [3.63, 3.8) is 0 Å². The number of thiophene rings is 1. The molecule has 1 aromatic heterocycles. The van der Waals surface area contributed by atoms with Crippen molar-refractivity contribution in [2.75, 3.05) is 18.5 Å². The van der Waals surface area contributed by atoms with Crippen LogP contribution in [-0.2, 0) is 10.0 Å². The summed E-state index contributed by atoms with van der Waals surface area (Å²) < 4.78 is 33.5. The number of benzene rings is 2. The molecular formula is C23H25ClN2O4S2. The van der Waals surface area contributed by atoms with E-state index in [4.69, 9.17) is 16.3 Å². The molecule has 2 aromatic carbocycles. The van der Waals surface area contributed by atoms with E-state index in [-0.39, 0.29) is 21.9 Å². The van der Waals surface area contributed by atoms with Crippen LogP contribution < -0.4 is 14.4 Å². The molecule has 1 amide bonds. The van der Waals surface area contributed by atoms with Gasteiger partial charge in [-0.25, -0.2) is 8.42 Å². The molecule has 0 radical (unpaired) electrons. The fourth-order valence-corrected chi connectivity index (χ4v) is 6.43. The van der Waals surface area contributed by atoms with Gasteiger partial charge in [0.1, 0.15) is 5.75 Å². The number of nitrogens with zero attached hydrogens (tertiary/aromatic N) is 1. The first-order chi connectivity index (χ1) is 15.3. The van der Waals surface area contributed by atoms with Gasteiger partial charge in [-0.2, -0.15) is 0 Å². The van der Waals surface area contributed by atoms with E-state index < -0.39 is 10.0 Å². The number of fused-ring (bicyclic) bond motifs is 1. The fraction of sp³-hybridized carbons (Fsp3) is 0.348. The van der Waals surface area contributed by atoms with Gasteiger partial charge in [-0.3, -0.25) is 9.10 Å². The highest BCUT2D eigenvalue weighted by atomic mass is 35.5. The van der Waals surface area contributed by atoms with Crippen LogP contribution in [0.2, 0.25) is 5.02 Å². The van der Waals surface area contributed by atoms with Crippen LogP contribution in [0.3, 0.4) is 0 Å². The molecule has 0 aliphatic heterocycles. The second-order valence-corrected chi connectivity index (χ2v) is 11.4. The van der Waals surface area contributed by atoms with Gasteiger partial charge in [-0.05, 0) is 60.7 Å². The quantitative estimate of drug-likeness (QED) is 0.496. The summed E-state index contributed by atoms with van der Waals surface area (Å²) in [5.41, 5.74) is 0.501. The summed E-state index contributed by atoms with van der Waals surface area (Å²) in [6.45, 7) is 0. The van der Waals surface area contributed by atoms with Crippen molar-refractivity contribution in [3.8, 4) is 5.75 Å². The Kier molecular flexibility index (Phi) is 6.65. The number of anilines is 1. The summed E-state index contributed by atoms with van der Waals surface area (Å²) in [7, 11) is -0.848. The molecule has 1 N–H and O–H groups in total. The smallest absolute Gasteiger partial charge is 0.264 e. The minimum absolute atomic E-state index is 0.0616. The highest BCUT2D eigenvalue weighted by molar-refractivity contribution is 7.92. The number of halogens is 1. The lowest BCUT2D eigenvalue weighted by molar-refractivity contribution is 0.0932. The first-order valence-corrected chi connectivity index (χ1v) is 13.1. The third-order valence-electron chi connectivity index (χ3n) is 5.81. The van der Waals surface area contributed by atoms with Crippen LogP contribution in [0.25, 0.3) is 10.1 Å². The van der Waals surface area contributed by atoms with E-state index in [0.717, 1.165) is 35.8 Å². The number of nitrogens with one attached hydrogen (secondary N) is 1. The summed E-state index contributed by atoms with van der Waals surface area (Å²) in [5.74, 6) is 0.348. The maximum Gasteiger partial charge on any atom is 0.264 e. The summed E-state index contributed by atoms with van der Waals surface area (Å²) in [6.07, 6.45) is 5.59. The first-order valence-electron chi connectivity index (χ1n) is 10.5. The van der Waals surface area contributed by atoms with E-state index >= 15 is 0 Å². The first kappa shape index (κ1) is 22.9. The minimum atomic E-state index is -3.82. The number of ether oxygens (including phenoxy) is 1. The van der Waals surface area contributed by atoms with Gasteiger partial charge in [0.15, 0.2) is 0 Å². The molecule has 32 heavy (non-hydrogen) atoms. The third-order valence-corrected chi connectivity index (χ3v) is 9.00. The second kappa shape index (κ2) is 9.29. The SMILES string of the molecule is COc1ccc(S(=O)(=O)N(C)c2ccc3sc(C(=O)NC4CCCCC4)cc3c2)cc1Cl. The maximum atomic E-state index is 13.1. The van der Waals surface area contributed by atoms with Crippen molar-refractivity contribution in [2.45, 2.75) is 43.0 Å². The van der Waals surface area contributed by atoms with Crippen molar-refractivity contribution in [3.05, 3.63) is 52.4 Å². The summed E-state index contributed by atoms with van der Waals surface area (Å²) >= 11 is 7.54. The highest BCUT2D eigenvalue weighted by Gasteiger charge is 2.23. The summed E-state index contributed by atoms with van der Waals surface area (Å²) in [6, 6.07) is 11.8. The van der Waals surface area contributed by atoms with E-state index in [1.165, 1.54) is 54.4 Å². The lowest BCUT2D eigenvalue weighted by Gasteiger charge is -2.22. The highest BCUT2D eigenvalue weighted by Crippen LogP contribution is 2.33. The van der Waals surface area contributed by atoms with Crippen LogP contribution in [0, 0.1) is 0 Å². The van der Waals surface area contributed by atoms with Crippen molar-refractivity contribution >= 4 is 54.6 Å². The molecule has 0 bridgehead atoms. The Morgan fingerprint density at radius 1 is 1.12 bits per heavy atom. The number of sulfonamides is 1. The Bertz CT molecular complexity index is 1250. The number of hydrogen-bond acceptors (Lipinski definition) is 5. The topological polar surface area (TPSA) is 75.7 Å². The maximum absolute atomic E-state index is 13.1. The van der Waals surface area contributed by atoms with Crippen LogP contribution in [0.15, 0.2) is 47.4 Å². The van der Waals surface area contributed by atoms with Crippen LogP contribution in [-0.4, -0.2) is 34.5 Å². The molecule has 1 fully saturated rings. The molecule has 9 heteroatoms. The zero-order valence-electron chi connectivity index (χ0n) is 17.9. The summed E-state index contributed by atoms with van der Waals surface area (Å²) in [4.78, 5) is 13.4. The number of hydrogen-bond donors (Lipinski definition) is 1. The molecule has 0 spiro atoms. The van der Waals surface area contributed by atoms with Gasteiger partial charge in [0.2, 0.25) is 0 Å². The Balaban J connectivity index is 1.57. The van der Waals surface area contributed by atoms with Gasteiger partial charge < -0.3 is 10.1 Å². The lowest BCUT2D eigenvalue weighted by atomic mass is 9.95. The standard InChI is InChI=1S/C23H25ClN2O4S2/c1-26(32(28,29)18-9-10-20(30-2)19(24)14-18)17-8-11-21-15(12-17)13-22(31-21)23(27)25-16-6-4-3-5-7-16/h8-14,16H,3-7H2,1-2H3,(H,25,27). The number of carbonyl (C=O) groups is 1. The number of methoxy groups -OCH3 is 1. The summed E-state index contributed by atoms with van der Waals surface area (Å²) in [5, 5.41) is 4.19. The largest absolute Gasteiger partial charge is 0.495 e. The van der Waals surface area contributed by atoms with Gasteiger partial charge in [0, 0.05) is 17.8 Å². The third kappa shape index (κ3) is 4.58. The Hall–Kier alpha value is -2.29. The molecular weight excluding hydrogens is 468 g/mol. The van der Waals surface area contributed by atoms with Gasteiger partial charge >= 0.3 is 0 Å². The van der Waals surface area contributed by atoms with E-state index in [1.807, 2.05) is 12.1 Å². The molecule has 1 aliphatic carbocycles. The molecule has 3 aromatic rings. The van der Waals surface area contributed by atoms with Crippen LogP contribution in [0.1, 0.15) is 41.8 Å². The molecule has 4 rings (SSSR count). The monoisotopic (exact) mass is 492 g/mol. The molecule has 1 heterocycles. The van der Waals surface area contributed by atoms with Crippen molar-refractivity contribution < 1.29 is 17.9 Å². The second-order valence-electron chi connectivity index (χ2n) is 7.91. The number of rotatable bonds is 6. The van der Waals surface area contributed by atoms with Crippen molar-refractivity contribution in [1.29, 1.82) is 0 Å². The number of amides is 1. The molecule has 1 aliphatic rings. The van der Waals surface area contributed by atoms with Crippen LogP contribution >= 0.6 is 22.9 Å². The van der Waals surface area contributed by atoms with Crippen molar-refractivity contribution in [1.82, 2.24) is 5.32 Å². The molecule has 1 saturated carbocycles. The Morgan fingerprint density at radius 3 is 2.56 bits per heavy atom. The number of carbonyl (C=O) groups excluding carboxylic acids is 1. The van der Waals surface area contributed by atoms with Crippen LogP contribution in [0.4, 0.5) is 5.69 Å². The van der Waals surface area contributed by atoms with Gasteiger partial charge in [-0.1, -0.05) is 30.9 Å². The minimum Gasteiger partial charge on any atom is -0.495 e. The fourth-order valence-electron chi connectivity index (χ4n) is 3.95. The molecule has 170 valence electrons. The average molecular weight is 493 g/mol.